The fraction of sp³-hybridized carbons (Fsp3) is 0.917. The third-order valence-corrected chi connectivity index (χ3v) is 2.85. The van der Waals surface area contributed by atoms with Gasteiger partial charge in [-0.15, -0.1) is 0 Å². The highest BCUT2D eigenvalue weighted by Gasteiger charge is 2.15. The molecular weight excluding hydrogens is 190 g/mol. The van der Waals surface area contributed by atoms with Gasteiger partial charge in [-0.05, 0) is 18.8 Å². The van der Waals surface area contributed by atoms with Crippen LogP contribution < -0.4 is 5.32 Å². The van der Waals surface area contributed by atoms with Gasteiger partial charge in [-0.3, -0.25) is 4.79 Å². The molecule has 90 valence electrons. The number of aliphatic hydroxyl groups is 1. The molecule has 0 bridgehead atoms. The van der Waals surface area contributed by atoms with E-state index in [1.54, 1.807) is 0 Å². The first-order valence-electron chi connectivity index (χ1n) is 5.91. The maximum absolute atomic E-state index is 11.6. The van der Waals surface area contributed by atoms with E-state index in [2.05, 4.69) is 19.2 Å². The number of nitrogens with one attached hydrogen (secondary N) is 1. The fourth-order valence-electron chi connectivity index (χ4n) is 1.52. The minimum atomic E-state index is 0.0522. The summed E-state index contributed by atoms with van der Waals surface area (Å²) < 4.78 is 0. The van der Waals surface area contributed by atoms with Crippen molar-refractivity contribution in [2.24, 2.45) is 11.8 Å². The molecule has 0 radical (unpaired) electrons. The smallest absolute Gasteiger partial charge is 0.220 e. The van der Waals surface area contributed by atoms with Gasteiger partial charge in [0, 0.05) is 19.1 Å². The van der Waals surface area contributed by atoms with Crippen LogP contribution >= 0.6 is 0 Å². The van der Waals surface area contributed by atoms with E-state index < -0.39 is 0 Å². The zero-order chi connectivity index (χ0) is 11.8. The van der Waals surface area contributed by atoms with Gasteiger partial charge in [0.2, 0.25) is 5.91 Å². The third-order valence-electron chi connectivity index (χ3n) is 2.85. The van der Waals surface area contributed by atoms with Crippen LogP contribution in [0.3, 0.4) is 0 Å². The Bertz CT molecular complexity index is 182. The number of carbonyl (C=O) groups excluding carboxylic acids is 1. The first kappa shape index (κ1) is 14.4. The zero-order valence-electron chi connectivity index (χ0n) is 10.4. The van der Waals surface area contributed by atoms with Crippen LogP contribution in [0.1, 0.15) is 47.0 Å². The maximum Gasteiger partial charge on any atom is 0.220 e. The summed E-state index contributed by atoms with van der Waals surface area (Å²) in [6, 6.07) is 0.0522. The molecule has 1 amide bonds. The summed E-state index contributed by atoms with van der Waals surface area (Å²) in [4.78, 5) is 11.6. The van der Waals surface area contributed by atoms with Gasteiger partial charge in [-0.25, -0.2) is 0 Å². The molecule has 0 aliphatic rings. The molecule has 0 aromatic carbocycles. The molecule has 0 fully saturated rings. The standard InChI is InChI=1S/C12H25NO2/c1-5-6-9(2)7-12(15)13-11(4)10(3)8-14/h9-11,14H,5-8H2,1-4H3,(H,13,15). The summed E-state index contributed by atoms with van der Waals surface area (Å²) in [7, 11) is 0. The Labute approximate surface area is 93.3 Å². The SMILES string of the molecule is CCCC(C)CC(=O)NC(C)C(C)CO. The van der Waals surface area contributed by atoms with Gasteiger partial charge in [0.1, 0.15) is 0 Å². The molecule has 0 aromatic rings. The molecule has 0 saturated carbocycles. The number of hydrogen-bond acceptors (Lipinski definition) is 2. The van der Waals surface area contributed by atoms with E-state index in [0.717, 1.165) is 12.8 Å². The fourth-order valence-corrected chi connectivity index (χ4v) is 1.52. The first-order valence-corrected chi connectivity index (χ1v) is 5.91. The number of rotatable bonds is 7. The first-order chi connectivity index (χ1) is 7.01. The summed E-state index contributed by atoms with van der Waals surface area (Å²) in [5.41, 5.74) is 0. The van der Waals surface area contributed by atoms with Crippen LogP contribution in [-0.2, 0) is 4.79 Å². The summed E-state index contributed by atoms with van der Waals surface area (Å²) in [6.45, 7) is 8.21. The van der Waals surface area contributed by atoms with E-state index in [0.29, 0.717) is 12.3 Å². The monoisotopic (exact) mass is 215 g/mol. The Balaban J connectivity index is 3.82. The lowest BCUT2D eigenvalue weighted by molar-refractivity contribution is -0.122. The van der Waals surface area contributed by atoms with E-state index in [1.807, 2.05) is 13.8 Å². The van der Waals surface area contributed by atoms with Gasteiger partial charge in [0.25, 0.3) is 0 Å². The molecule has 15 heavy (non-hydrogen) atoms. The Morgan fingerprint density at radius 1 is 1.33 bits per heavy atom. The van der Waals surface area contributed by atoms with E-state index in [-0.39, 0.29) is 24.5 Å². The second kappa shape index (κ2) is 7.69. The second-order valence-corrected chi connectivity index (χ2v) is 4.61. The van der Waals surface area contributed by atoms with Crippen LogP contribution in [0, 0.1) is 11.8 Å². The van der Waals surface area contributed by atoms with Crippen molar-refractivity contribution in [1.82, 2.24) is 5.32 Å². The lowest BCUT2D eigenvalue weighted by Crippen LogP contribution is -2.38. The molecular formula is C12H25NO2. The largest absolute Gasteiger partial charge is 0.396 e. The minimum absolute atomic E-state index is 0.0522. The molecule has 3 heteroatoms. The van der Waals surface area contributed by atoms with E-state index in [1.165, 1.54) is 0 Å². The summed E-state index contributed by atoms with van der Waals surface area (Å²) in [5, 5.41) is 11.9. The average molecular weight is 215 g/mol. The van der Waals surface area contributed by atoms with Crippen LogP contribution in [-0.4, -0.2) is 23.7 Å². The molecule has 0 rings (SSSR count). The highest BCUT2D eigenvalue weighted by molar-refractivity contribution is 5.76. The van der Waals surface area contributed by atoms with Crippen molar-refractivity contribution < 1.29 is 9.90 Å². The van der Waals surface area contributed by atoms with Gasteiger partial charge >= 0.3 is 0 Å². The molecule has 3 unspecified atom stereocenters. The van der Waals surface area contributed by atoms with Gasteiger partial charge in [-0.2, -0.15) is 0 Å². The van der Waals surface area contributed by atoms with Crippen LogP contribution in [0.5, 0.6) is 0 Å². The predicted molar refractivity (Wildman–Crippen MR) is 62.5 cm³/mol. The van der Waals surface area contributed by atoms with Crippen LogP contribution in [0.15, 0.2) is 0 Å². The quantitative estimate of drug-likeness (QED) is 0.682. The third kappa shape index (κ3) is 6.50. The van der Waals surface area contributed by atoms with Crippen molar-refractivity contribution in [3.8, 4) is 0 Å². The van der Waals surface area contributed by atoms with Gasteiger partial charge < -0.3 is 10.4 Å². The summed E-state index contributed by atoms with van der Waals surface area (Å²) >= 11 is 0. The van der Waals surface area contributed by atoms with Crippen LogP contribution in [0.2, 0.25) is 0 Å². The molecule has 0 aliphatic heterocycles. The van der Waals surface area contributed by atoms with Crippen molar-refractivity contribution >= 4 is 5.91 Å². The number of aliphatic hydroxyl groups excluding tert-OH is 1. The topological polar surface area (TPSA) is 49.3 Å². The molecule has 0 spiro atoms. The molecule has 0 saturated heterocycles. The summed E-state index contributed by atoms with van der Waals surface area (Å²) in [6.07, 6.45) is 2.81. The van der Waals surface area contributed by atoms with Gasteiger partial charge in [0.15, 0.2) is 0 Å². The highest BCUT2D eigenvalue weighted by Crippen LogP contribution is 2.10. The Kier molecular flexibility index (Phi) is 7.39. The Morgan fingerprint density at radius 3 is 2.40 bits per heavy atom. The zero-order valence-corrected chi connectivity index (χ0v) is 10.4. The average Bonchev–Trinajstić information content (AvgIpc) is 2.16. The van der Waals surface area contributed by atoms with Crippen LogP contribution in [0.25, 0.3) is 0 Å². The van der Waals surface area contributed by atoms with Gasteiger partial charge in [-0.1, -0.05) is 33.6 Å². The second-order valence-electron chi connectivity index (χ2n) is 4.61. The van der Waals surface area contributed by atoms with Crippen molar-refractivity contribution in [1.29, 1.82) is 0 Å². The van der Waals surface area contributed by atoms with Crippen molar-refractivity contribution in [2.45, 2.75) is 53.0 Å². The molecule has 2 N–H and O–H groups in total. The molecule has 0 aromatic heterocycles. The van der Waals surface area contributed by atoms with E-state index in [9.17, 15) is 4.79 Å². The molecule has 3 nitrogen and oxygen atoms in total. The lowest BCUT2D eigenvalue weighted by atomic mass is 10.0. The van der Waals surface area contributed by atoms with E-state index >= 15 is 0 Å². The van der Waals surface area contributed by atoms with Crippen molar-refractivity contribution in [3.05, 3.63) is 0 Å². The Hall–Kier alpha value is -0.570. The van der Waals surface area contributed by atoms with Gasteiger partial charge in [0.05, 0.1) is 0 Å². The number of hydrogen-bond donors (Lipinski definition) is 2. The predicted octanol–water partition coefficient (Wildman–Crippen LogP) is 1.95. The Morgan fingerprint density at radius 2 is 1.93 bits per heavy atom. The van der Waals surface area contributed by atoms with Crippen molar-refractivity contribution in [3.63, 3.8) is 0 Å². The van der Waals surface area contributed by atoms with Crippen molar-refractivity contribution in [2.75, 3.05) is 6.61 Å². The molecule has 0 aliphatic carbocycles. The van der Waals surface area contributed by atoms with Crippen LogP contribution in [0.4, 0.5) is 0 Å². The normalized spacial score (nSPS) is 16.9. The number of carbonyl (C=O) groups is 1. The highest BCUT2D eigenvalue weighted by atomic mass is 16.3. The summed E-state index contributed by atoms with van der Waals surface area (Å²) in [5.74, 6) is 0.672. The molecule has 3 atom stereocenters. The molecule has 0 heterocycles. The lowest BCUT2D eigenvalue weighted by Gasteiger charge is -2.20. The van der Waals surface area contributed by atoms with E-state index in [4.69, 9.17) is 5.11 Å². The maximum atomic E-state index is 11.6. The number of amides is 1. The minimum Gasteiger partial charge on any atom is -0.396 e.